The second-order valence-electron chi connectivity index (χ2n) is 8.39. The maximum atomic E-state index is 15.6. The first-order chi connectivity index (χ1) is 15.7. The summed E-state index contributed by atoms with van der Waals surface area (Å²) in [5.41, 5.74) is 0.787. The fraction of sp³-hybridized carbons (Fsp3) is 0.636. The van der Waals surface area contributed by atoms with Gasteiger partial charge in [-0.1, -0.05) is 6.08 Å². The predicted octanol–water partition coefficient (Wildman–Crippen LogP) is 1.94. The normalized spacial score (nSPS) is 22.7. The molecular weight excluding hydrogens is 418 g/mol. The SMILES string of the molecule is FC1=C(N2CCN(c3nc(N4CCOCC4)c(F)c(N4CCOCC4)n3)CC2)CCC=C1. The fourth-order valence-corrected chi connectivity index (χ4v) is 4.63. The van der Waals surface area contributed by atoms with Crippen LogP contribution >= 0.6 is 0 Å². The molecule has 0 unspecified atom stereocenters. The Morgan fingerprint density at radius 1 is 0.688 bits per heavy atom. The van der Waals surface area contributed by atoms with E-state index in [2.05, 4.69) is 19.8 Å². The number of rotatable bonds is 4. The molecular formula is C22H30F2N6O2. The Bertz CT molecular complexity index is 836. The van der Waals surface area contributed by atoms with Crippen LogP contribution in [0.5, 0.6) is 0 Å². The van der Waals surface area contributed by atoms with Crippen molar-refractivity contribution in [3.05, 3.63) is 29.5 Å². The van der Waals surface area contributed by atoms with Crippen molar-refractivity contribution >= 4 is 17.6 Å². The van der Waals surface area contributed by atoms with E-state index in [1.807, 2.05) is 15.9 Å². The summed E-state index contributed by atoms with van der Waals surface area (Å²) in [4.78, 5) is 17.4. The standard InChI is InChI=1S/C22H30F2N6O2/c23-17-3-1-2-4-18(17)27-5-7-30(8-6-27)22-25-20(28-9-13-31-14-10-28)19(24)21(26-22)29-11-15-32-16-12-29/h1,3H,2,4-16H2. The number of aromatic nitrogens is 2. The number of morpholine rings is 2. The van der Waals surface area contributed by atoms with E-state index < -0.39 is 0 Å². The molecule has 4 aliphatic rings. The molecule has 0 N–H and O–H groups in total. The van der Waals surface area contributed by atoms with Gasteiger partial charge in [-0.15, -0.1) is 0 Å². The van der Waals surface area contributed by atoms with Gasteiger partial charge in [-0.3, -0.25) is 0 Å². The third-order valence-corrected chi connectivity index (χ3v) is 6.46. The van der Waals surface area contributed by atoms with Crippen molar-refractivity contribution in [1.82, 2.24) is 14.9 Å². The number of nitrogens with zero attached hydrogens (tertiary/aromatic N) is 6. The first-order valence-corrected chi connectivity index (χ1v) is 11.5. The Hall–Kier alpha value is -2.46. The third-order valence-electron chi connectivity index (χ3n) is 6.46. The molecule has 1 aromatic rings. The van der Waals surface area contributed by atoms with Crippen LogP contribution in [0.1, 0.15) is 12.8 Å². The Morgan fingerprint density at radius 3 is 1.75 bits per heavy atom. The van der Waals surface area contributed by atoms with Gasteiger partial charge >= 0.3 is 0 Å². The lowest BCUT2D eigenvalue weighted by Gasteiger charge is -2.39. The fourth-order valence-electron chi connectivity index (χ4n) is 4.63. The van der Waals surface area contributed by atoms with Crippen LogP contribution in [0.3, 0.4) is 0 Å². The minimum atomic E-state index is -0.377. The summed E-state index contributed by atoms with van der Waals surface area (Å²) < 4.78 is 40.7. The first-order valence-electron chi connectivity index (χ1n) is 11.5. The van der Waals surface area contributed by atoms with Crippen molar-refractivity contribution in [3.63, 3.8) is 0 Å². The lowest BCUT2D eigenvalue weighted by Crippen LogP contribution is -2.47. The smallest absolute Gasteiger partial charge is 0.229 e. The Balaban J connectivity index is 1.40. The highest BCUT2D eigenvalue weighted by Crippen LogP contribution is 2.31. The molecule has 174 valence electrons. The van der Waals surface area contributed by atoms with Gasteiger partial charge in [-0.2, -0.15) is 14.4 Å². The predicted molar refractivity (Wildman–Crippen MR) is 118 cm³/mol. The zero-order valence-electron chi connectivity index (χ0n) is 18.3. The average Bonchev–Trinajstić information content (AvgIpc) is 2.86. The summed E-state index contributed by atoms with van der Waals surface area (Å²) in [7, 11) is 0. The molecule has 32 heavy (non-hydrogen) atoms. The molecule has 5 rings (SSSR count). The van der Waals surface area contributed by atoms with E-state index >= 15 is 4.39 Å². The molecule has 3 fully saturated rings. The summed E-state index contributed by atoms with van der Waals surface area (Å²) in [5.74, 6) is 0.707. The minimum Gasteiger partial charge on any atom is -0.378 e. The summed E-state index contributed by atoms with van der Waals surface area (Å²) in [6, 6.07) is 0. The van der Waals surface area contributed by atoms with E-state index in [0.717, 1.165) is 18.5 Å². The maximum Gasteiger partial charge on any atom is 0.229 e. The Morgan fingerprint density at radius 2 is 1.22 bits per heavy atom. The number of ether oxygens (including phenoxy) is 2. The van der Waals surface area contributed by atoms with Crippen molar-refractivity contribution in [2.75, 3.05) is 93.5 Å². The van der Waals surface area contributed by atoms with E-state index in [9.17, 15) is 4.39 Å². The number of piperazine rings is 1. The van der Waals surface area contributed by atoms with Crippen LogP contribution in [0.25, 0.3) is 0 Å². The van der Waals surface area contributed by atoms with Crippen LogP contribution < -0.4 is 14.7 Å². The number of anilines is 3. The topological polar surface area (TPSA) is 57.2 Å². The molecule has 0 atom stereocenters. The van der Waals surface area contributed by atoms with Crippen LogP contribution in [-0.4, -0.2) is 93.7 Å². The molecule has 0 spiro atoms. The average molecular weight is 449 g/mol. The zero-order chi connectivity index (χ0) is 21.9. The van der Waals surface area contributed by atoms with Crippen molar-refractivity contribution in [1.29, 1.82) is 0 Å². The van der Waals surface area contributed by atoms with Crippen LogP contribution in [-0.2, 0) is 9.47 Å². The number of hydrogen-bond donors (Lipinski definition) is 0. The van der Waals surface area contributed by atoms with Crippen LogP contribution in [0.2, 0.25) is 0 Å². The summed E-state index contributed by atoms with van der Waals surface area (Å²) in [5, 5.41) is 0. The monoisotopic (exact) mass is 448 g/mol. The molecule has 10 heteroatoms. The van der Waals surface area contributed by atoms with E-state index in [-0.39, 0.29) is 11.6 Å². The Kier molecular flexibility index (Phi) is 6.40. The van der Waals surface area contributed by atoms with E-state index in [0.29, 0.717) is 96.4 Å². The number of hydrogen-bond acceptors (Lipinski definition) is 8. The van der Waals surface area contributed by atoms with Gasteiger partial charge in [-0.25, -0.2) is 4.39 Å². The molecule has 0 bridgehead atoms. The summed E-state index contributed by atoms with van der Waals surface area (Å²) in [6.07, 6.45) is 5.05. The zero-order valence-corrected chi connectivity index (χ0v) is 18.3. The second kappa shape index (κ2) is 9.58. The van der Waals surface area contributed by atoms with Crippen molar-refractivity contribution in [2.24, 2.45) is 0 Å². The van der Waals surface area contributed by atoms with Gasteiger partial charge in [-0.05, 0) is 18.9 Å². The molecule has 4 heterocycles. The molecule has 1 aliphatic carbocycles. The minimum absolute atomic E-state index is 0.132. The van der Waals surface area contributed by atoms with Gasteiger partial charge in [0.25, 0.3) is 0 Å². The van der Waals surface area contributed by atoms with Crippen molar-refractivity contribution in [2.45, 2.75) is 12.8 Å². The molecule has 3 saturated heterocycles. The molecule has 8 nitrogen and oxygen atoms in total. The van der Waals surface area contributed by atoms with Gasteiger partial charge in [0.1, 0.15) is 5.83 Å². The highest BCUT2D eigenvalue weighted by molar-refractivity contribution is 5.58. The number of halogens is 2. The van der Waals surface area contributed by atoms with Gasteiger partial charge < -0.3 is 29.1 Å². The molecule has 0 saturated carbocycles. The molecule has 0 aromatic carbocycles. The molecule has 0 radical (unpaired) electrons. The number of allylic oxidation sites excluding steroid dienone is 4. The third kappa shape index (κ3) is 4.38. The molecule has 3 aliphatic heterocycles. The van der Waals surface area contributed by atoms with E-state index in [4.69, 9.17) is 9.47 Å². The van der Waals surface area contributed by atoms with E-state index in [1.54, 1.807) is 6.08 Å². The quantitative estimate of drug-likeness (QED) is 0.693. The lowest BCUT2D eigenvalue weighted by atomic mass is 10.1. The first kappa shape index (κ1) is 21.4. The van der Waals surface area contributed by atoms with Crippen LogP contribution in [0.4, 0.5) is 26.4 Å². The van der Waals surface area contributed by atoms with Gasteiger partial charge in [0.15, 0.2) is 11.6 Å². The lowest BCUT2D eigenvalue weighted by molar-refractivity contribution is 0.121. The van der Waals surface area contributed by atoms with Crippen molar-refractivity contribution in [3.8, 4) is 0 Å². The maximum absolute atomic E-state index is 15.6. The molecule has 1 aromatic heterocycles. The van der Waals surface area contributed by atoms with Gasteiger partial charge in [0.2, 0.25) is 11.8 Å². The highest BCUT2D eigenvalue weighted by atomic mass is 19.1. The Labute approximate surface area is 187 Å². The van der Waals surface area contributed by atoms with Crippen molar-refractivity contribution < 1.29 is 18.3 Å². The van der Waals surface area contributed by atoms with Crippen LogP contribution in [0.15, 0.2) is 23.7 Å². The second-order valence-corrected chi connectivity index (χ2v) is 8.39. The van der Waals surface area contributed by atoms with Gasteiger partial charge in [0, 0.05) is 58.1 Å². The largest absolute Gasteiger partial charge is 0.378 e. The summed E-state index contributed by atoms with van der Waals surface area (Å²) >= 11 is 0. The van der Waals surface area contributed by atoms with Crippen LogP contribution in [0, 0.1) is 5.82 Å². The highest BCUT2D eigenvalue weighted by Gasteiger charge is 2.29. The molecule has 0 amide bonds. The summed E-state index contributed by atoms with van der Waals surface area (Å²) in [6.45, 7) is 7.34. The van der Waals surface area contributed by atoms with E-state index in [1.165, 1.54) is 0 Å². The van der Waals surface area contributed by atoms with Gasteiger partial charge in [0.05, 0.1) is 26.4 Å².